The second-order valence-corrected chi connectivity index (χ2v) is 4.05. The van der Waals surface area contributed by atoms with Crippen LogP contribution in [0.2, 0.25) is 0 Å². The van der Waals surface area contributed by atoms with Gasteiger partial charge in [-0.3, -0.25) is 0 Å². The molecule has 0 unspecified atom stereocenters. The van der Waals surface area contributed by atoms with E-state index in [1.165, 1.54) is 0 Å². The zero-order valence-electron chi connectivity index (χ0n) is 9.78. The molecule has 0 aliphatic rings. The summed E-state index contributed by atoms with van der Waals surface area (Å²) >= 11 is 5.69. The highest BCUT2D eigenvalue weighted by Crippen LogP contribution is 2.13. The molecule has 0 aliphatic carbocycles. The van der Waals surface area contributed by atoms with Gasteiger partial charge in [-0.15, -0.1) is 24.0 Å². The summed E-state index contributed by atoms with van der Waals surface area (Å²) in [5, 5.41) is 0. The van der Waals surface area contributed by atoms with Crippen molar-refractivity contribution in [1.29, 1.82) is 0 Å². The topological polar surface area (TPSA) is 12.5 Å². The van der Waals surface area contributed by atoms with Crippen LogP contribution in [0.4, 0.5) is 0 Å². The SMILES string of the molecule is CN(C)CCCOc1ccc(CCl)cc1.Cl. The van der Waals surface area contributed by atoms with Gasteiger partial charge in [0.15, 0.2) is 0 Å². The monoisotopic (exact) mass is 263 g/mol. The van der Waals surface area contributed by atoms with Crippen molar-refractivity contribution in [1.82, 2.24) is 4.90 Å². The molecular formula is C12H19Cl2NO. The largest absolute Gasteiger partial charge is 0.494 e. The van der Waals surface area contributed by atoms with Crippen LogP contribution in [0.3, 0.4) is 0 Å². The number of hydrogen-bond donors (Lipinski definition) is 0. The summed E-state index contributed by atoms with van der Waals surface area (Å²) in [6.07, 6.45) is 1.05. The number of hydrogen-bond acceptors (Lipinski definition) is 2. The predicted molar refractivity (Wildman–Crippen MR) is 71.9 cm³/mol. The summed E-state index contributed by atoms with van der Waals surface area (Å²) in [6, 6.07) is 7.92. The van der Waals surface area contributed by atoms with Crippen LogP contribution < -0.4 is 4.74 Å². The number of rotatable bonds is 6. The van der Waals surface area contributed by atoms with Gasteiger partial charge in [0.25, 0.3) is 0 Å². The molecule has 1 rings (SSSR count). The molecule has 1 aromatic carbocycles. The summed E-state index contributed by atoms with van der Waals surface area (Å²) in [5.41, 5.74) is 1.12. The van der Waals surface area contributed by atoms with Crippen LogP contribution in [0.1, 0.15) is 12.0 Å². The first-order valence-electron chi connectivity index (χ1n) is 5.15. The van der Waals surface area contributed by atoms with Crippen LogP contribution in [0.5, 0.6) is 5.75 Å². The fourth-order valence-electron chi connectivity index (χ4n) is 1.25. The first-order valence-corrected chi connectivity index (χ1v) is 5.68. The number of nitrogens with zero attached hydrogens (tertiary/aromatic N) is 1. The van der Waals surface area contributed by atoms with Crippen molar-refractivity contribution in [3.63, 3.8) is 0 Å². The van der Waals surface area contributed by atoms with Crippen LogP contribution in [-0.4, -0.2) is 32.1 Å². The summed E-state index contributed by atoms with van der Waals surface area (Å²) in [6.45, 7) is 1.82. The van der Waals surface area contributed by atoms with Gasteiger partial charge in [-0.1, -0.05) is 12.1 Å². The fourth-order valence-corrected chi connectivity index (χ4v) is 1.42. The standard InChI is InChI=1S/C12H18ClNO.ClH/c1-14(2)8-3-9-15-12-6-4-11(10-13)5-7-12;/h4-7H,3,8-10H2,1-2H3;1H. The molecule has 0 spiro atoms. The lowest BCUT2D eigenvalue weighted by atomic mass is 10.2. The Bertz CT molecular complexity index is 275. The van der Waals surface area contributed by atoms with Crippen LogP contribution >= 0.6 is 24.0 Å². The Morgan fingerprint density at radius 2 is 1.81 bits per heavy atom. The smallest absolute Gasteiger partial charge is 0.119 e. The quantitative estimate of drug-likeness (QED) is 0.578. The molecule has 0 atom stereocenters. The van der Waals surface area contributed by atoms with E-state index in [0.29, 0.717) is 5.88 Å². The Hall–Kier alpha value is -0.440. The third-order valence-corrected chi connectivity index (χ3v) is 2.40. The molecule has 0 radical (unpaired) electrons. The zero-order valence-corrected chi connectivity index (χ0v) is 11.4. The highest BCUT2D eigenvalue weighted by atomic mass is 35.5. The molecule has 0 aliphatic heterocycles. The molecule has 16 heavy (non-hydrogen) atoms. The number of benzene rings is 1. The Kier molecular flexibility index (Phi) is 8.44. The predicted octanol–water partition coefficient (Wildman–Crippen LogP) is 3.18. The highest BCUT2D eigenvalue weighted by molar-refractivity contribution is 6.17. The minimum atomic E-state index is 0. The van der Waals surface area contributed by atoms with Gasteiger partial charge in [0.05, 0.1) is 6.61 Å². The average Bonchev–Trinajstić information content (AvgIpc) is 2.25. The molecule has 0 bridgehead atoms. The first kappa shape index (κ1) is 15.6. The minimum absolute atomic E-state index is 0. The Morgan fingerprint density at radius 1 is 1.19 bits per heavy atom. The van der Waals surface area contributed by atoms with E-state index < -0.39 is 0 Å². The molecule has 1 aromatic rings. The molecule has 4 heteroatoms. The van der Waals surface area contributed by atoms with Crippen molar-refractivity contribution in [3.05, 3.63) is 29.8 Å². The Labute approximate surface area is 109 Å². The highest BCUT2D eigenvalue weighted by Gasteiger charge is 1.95. The van der Waals surface area contributed by atoms with Crippen molar-refractivity contribution in [2.75, 3.05) is 27.2 Å². The molecule has 0 amide bonds. The van der Waals surface area contributed by atoms with Crippen molar-refractivity contribution >= 4 is 24.0 Å². The lowest BCUT2D eigenvalue weighted by Gasteiger charge is -2.10. The molecule has 0 saturated heterocycles. The van der Waals surface area contributed by atoms with E-state index >= 15 is 0 Å². The van der Waals surface area contributed by atoms with Crippen LogP contribution in [0, 0.1) is 0 Å². The van der Waals surface area contributed by atoms with E-state index in [1.54, 1.807) is 0 Å². The van der Waals surface area contributed by atoms with Crippen molar-refractivity contribution in [3.8, 4) is 5.75 Å². The van der Waals surface area contributed by atoms with Gasteiger partial charge >= 0.3 is 0 Å². The molecule has 0 aromatic heterocycles. The van der Waals surface area contributed by atoms with Crippen LogP contribution in [-0.2, 0) is 5.88 Å². The summed E-state index contributed by atoms with van der Waals surface area (Å²) < 4.78 is 5.59. The summed E-state index contributed by atoms with van der Waals surface area (Å²) in [5.74, 6) is 1.48. The molecule has 0 N–H and O–H groups in total. The number of halogens is 2. The van der Waals surface area contributed by atoms with E-state index in [9.17, 15) is 0 Å². The lowest BCUT2D eigenvalue weighted by molar-refractivity contribution is 0.281. The Morgan fingerprint density at radius 3 is 2.31 bits per heavy atom. The van der Waals surface area contributed by atoms with Gasteiger partial charge in [-0.05, 0) is 38.2 Å². The maximum absolute atomic E-state index is 5.69. The van der Waals surface area contributed by atoms with E-state index in [0.717, 1.165) is 30.9 Å². The Balaban J connectivity index is 0.00000225. The molecule has 92 valence electrons. The maximum atomic E-state index is 5.69. The van der Waals surface area contributed by atoms with E-state index in [2.05, 4.69) is 19.0 Å². The normalized spacial score (nSPS) is 10.0. The summed E-state index contributed by atoms with van der Waals surface area (Å²) in [7, 11) is 4.13. The lowest BCUT2D eigenvalue weighted by Crippen LogP contribution is -2.15. The second kappa shape index (κ2) is 8.68. The van der Waals surface area contributed by atoms with E-state index in [4.69, 9.17) is 16.3 Å². The fraction of sp³-hybridized carbons (Fsp3) is 0.500. The van der Waals surface area contributed by atoms with Gasteiger partial charge in [-0.2, -0.15) is 0 Å². The number of alkyl halides is 1. The van der Waals surface area contributed by atoms with Crippen molar-refractivity contribution in [2.45, 2.75) is 12.3 Å². The molecule has 0 saturated carbocycles. The molecule has 0 fully saturated rings. The van der Waals surface area contributed by atoms with Crippen molar-refractivity contribution < 1.29 is 4.74 Å². The van der Waals surface area contributed by atoms with Crippen molar-refractivity contribution in [2.24, 2.45) is 0 Å². The third-order valence-electron chi connectivity index (χ3n) is 2.10. The van der Waals surface area contributed by atoms with Gasteiger partial charge in [0.1, 0.15) is 5.75 Å². The average molecular weight is 264 g/mol. The third kappa shape index (κ3) is 6.21. The van der Waals surface area contributed by atoms with Gasteiger partial charge in [-0.25, -0.2) is 0 Å². The second-order valence-electron chi connectivity index (χ2n) is 3.78. The maximum Gasteiger partial charge on any atom is 0.119 e. The molecular weight excluding hydrogens is 245 g/mol. The van der Waals surface area contributed by atoms with Crippen LogP contribution in [0.25, 0.3) is 0 Å². The zero-order chi connectivity index (χ0) is 11.1. The number of ether oxygens (including phenoxy) is 1. The van der Waals surface area contributed by atoms with Gasteiger partial charge in [0, 0.05) is 12.4 Å². The van der Waals surface area contributed by atoms with E-state index in [1.807, 2.05) is 24.3 Å². The minimum Gasteiger partial charge on any atom is -0.494 e. The molecule has 2 nitrogen and oxygen atoms in total. The summed E-state index contributed by atoms with van der Waals surface area (Å²) in [4.78, 5) is 2.15. The van der Waals surface area contributed by atoms with Gasteiger partial charge < -0.3 is 9.64 Å². The van der Waals surface area contributed by atoms with Crippen LogP contribution in [0.15, 0.2) is 24.3 Å². The molecule has 0 heterocycles. The first-order chi connectivity index (χ1) is 7.22. The van der Waals surface area contributed by atoms with Gasteiger partial charge in [0.2, 0.25) is 0 Å². The van der Waals surface area contributed by atoms with E-state index in [-0.39, 0.29) is 12.4 Å².